The summed E-state index contributed by atoms with van der Waals surface area (Å²) < 4.78 is 0. The average Bonchev–Trinajstić information content (AvgIpc) is 2.29. The number of hydrogen-bond donors (Lipinski definition) is 1. The van der Waals surface area contributed by atoms with E-state index in [1.165, 1.54) is 25.7 Å². The monoisotopic (exact) mass is 238 g/mol. The second kappa shape index (κ2) is 5.38. The molecule has 0 radical (unpaired) electrons. The van der Waals surface area contributed by atoms with Crippen LogP contribution in [0.3, 0.4) is 0 Å². The van der Waals surface area contributed by atoms with Crippen LogP contribution in [0.4, 0.5) is 0 Å². The highest BCUT2D eigenvalue weighted by atomic mass is 16.2. The largest absolute Gasteiger partial charge is 0.342 e. The van der Waals surface area contributed by atoms with Gasteiger partial charge in [-0.3, -0.25) is 4.79 Å². The van der Waals surface area contributed by atoms with Crippen LogP contribution in [0.15, 0.2) is 0 Å². The first-order valence-corrected chi connectivity index (χ1v) is 7.08. The highest BCUT2D eigenvalue weighted by molar-refractivity contribution is 5.77. The summed E-state index contributed by atoms with van der Waals surface area (Å²) in [6, 6.07) is 0.432. The van der Waals surface area contributed by atoms with Crippen LogP contribution in [-0.2, 0) is 4.79 Å². The number of hydrogen-bond acceptors (Lipinski definition) is 2. The van der Waals surface area contributed by atoms with Crippen LogP contribution in [0.2, 0.25) is 0 Å². The SMILES string of the molecule is CC1(C)CCCN(C(=O)CC2CCCCN2)C1. The van der Waals surface area contributed by atoms with E-state index in [0.29, 0.717) is 23.8 Å². The number of amides is 1. The zero-order valence-corrected chi connectivity index (χ0v) is 11.3. The third-order valence-corrected chi connectivity index (χ3v) is 4.09. The molecule has 3 nitrogen and oxygen atoms in total. The second-order valence-corrected chi connectivity index (χ2v) is 6.43. The van der Waals surface area contributed by atoms with Gasteiger partial charge >= 0.3 is 0 Å². The molecular weight excluding hydrogens is 212 g/mol. The van der Waals surface area contributed by atoms with E-state index in [0.717, 1.165) is 26.1 Å². The molecule has 0 saturated carbocycles. The maximum absolute atomic E-state index is 12.2. The first kappa shape index (κ1) is 12.9. The molecule has 0 spiro atoms. The van der Waals surface area contributed by atoms with Crippen LogP contribution in [0.25, 0.3) is 0 Å². The highest BCUT2D eigenvalue weighted by Crippen LogP contribution is 2.28. The third kappa shape index (κ3) is 3.70. The van der Waals surface area contributed by atoms with Gasteiger partial charge in [0.25, 0.3) is 0 Å². The van der Waals surface area contributed by atoms with Crippen molar-refractivity contribution < 1.29 is 4.79 Å². The number of piperidine rings is 2. The van der Waals surface area contributed by atoms with Gasteiger partial charge in [-0.15, -0.1) is 0 Å². The average molecular weight is 238 g/mol. The van der Waals surface area contributed by atoms with Gasteiger partial charge in [0.1, 0.15) is 0 Å². The van der Waals surface area contributed by atoms with Crippen molar-refractivity contribution >= 4 is 5.91 Å². The number of nitrogens with one attached hydrogen (secondary N) is 1. The molecule has 2 aliphatic rings. The van der Waals surface area contributed by atoms with E-state index in [9.17, 15) is 4.79 Å². The van der Waals surface area contributed by atoms with E-state index < -0.39 is 0 Å². The van der Waals surface area contributed by atoms with Gasteiger partial charge in [0, 0.05) is 25.6 Å². The molecule has 0 aliphatic carbocycles. The van der Waals surface area contributed by atoms with Crippen molar-refractivity contribution in [1.82, 2.24) is 10.2 Å². The molecule has 0 aromatic heterocycles. The molecular formula is C14H26N2O. The van der Waals surface area contributed by atoms with Gasteiger partial charge in [-0.25, -0.2) is 0 Å². The van der Waals surface area contributed by atoms with Crippen LogP contribution in [-0.4, -0.2) is 36.5 Å². The Labute approximate surface area is 105 Å². The predicted molar refractivity (Wildman–Crippen MR) is 69.9 cm³/mol. The minimum absolute atomic E-state index is 0.313. The quantitative estimate of drug-likeness (QED) is 0.799. The van der Waals surface area contributed by atoms with E-state index in [1.807, 2.05) is 0 Å². The van der Waals surface area contributed by atoms with Gasteiger partial charge in [-0.1, -0.05) is 20.3 Å². The van der Waals surface area contributed by atoms with Crippen LogP contribution in [0.5, 0.6) is 0 Å². The lowest BCUT2D eigenvalue weighted by Gasteiger charge is -2.39. The van der Waals surface area contributed by atoms with Gasteiger partial charge in [-0.05, 0) is 37.6 Å². The minimum Gasteiger partial charge on any atom is -0.342 e. The zero-order chi connectivity index (χ0) is 12.3. The fourth-order valence-corrected chi connectivity index (χ4v) is 3.07. The second-order valence-electron chi connectivity index (χ2n) is 6.43. The summed E-state index contributed by atoms with van der Waals surface area (Å²) in [6.07, 6.45) is 6.83. The highest BCUT2D eigenvalue weighted by Gasteiger charge is 2.30. The number of likely N-dealkylation sites (tertiary alicyclic amines) is 1. The van der Waals surface area contributed by atoms with Crippen molar-refractivity contribution in [2.45, 2.75) is 58.4 Å². The summed E-state index contributed by atoms with van der Waals surface area (Å²) >= 11 is 0. The smallest absolute Gasteiger partial charge is 0.224 e. The molecule has 0 aromatic carbocycles. The molecule has 1 atom stereocenters. The fraction of sp³-hybridized carbons (Fsp3) is 0.929. The van der Waals surface area contributed by atoms with Gasteiger partial charge in [-0.2, -0.15) is 0 Å². The minimum atomic E-state index is 0.313. The molecule has 2 rings (SSSR count). The molecule has 17 heavy (non-hydrogen) atoms. The summed E-state index contributed by atoms with van der Waals surface area (Å²) in [7, 11) is 0. The normalized spacial score (nSPS) is 29.1. The Balaban J connectivity index is 1.82. The number of carbonyl (C=O) groups excluding carboxylic acids is 1. The molecule has 2 heterocycles. The van der Waals surface area contributed by atoms with Gasteiger partial charge in [0.05, 0.1) is 0 Å². The maximum Gasteiger partial charge on any atom is 0.224 e. The Morgan fingerprint density at radius 2 is 2.18 bits per heavy atom. The Hall–Kier alpha value is -0.570. The van der Waals surface area contributed by atoms with Crippen molar-refractivity contribution in [3.63, 3.8) is 0 Å². The molecule has 3 heteroatoms. The van der Waals surface area contributed by atoms with E-state index in [2.05, 4.69) is 24.1 Å². The van der Waals surface area contributed by atoms with Crippen LogP contribution < -0.4 is 5.32 Å². The molecule has 2 fully saturated rings. The summed E-state index contributed by atoms with van der Waals surface area (Å²) in [5.74, 6) is 0.358. The molecule has 1 amide bonds. The lowest BCUT2D eigenvalue weighted by molar-refractivity contribution is -0.134. The first-order chi connectivity index (χ1) is 8.07. The van der Waals surface area contributed by atoms with Crippen molar-refractivity contribution in [2.75, 3.05) is 19.6 Å². The van der Waals surface area contributed by atoms with Gasteiger partial charge < -0.3 is 10.2 Å². The van der Waals surface area contributed by atoms with Crippen molar-refractivity contribution in [3.05, 3.63) is 0 Å². The Bertz CT molecular complexity index is 269. The topological polar surface area (TPSA) is 32.3 Å². The molecule has 0 aromatic rings. The van der Waals surface area contributed by atoms with Crippen LogP contribution >= 0.6 is 0 Å². The summed E-state index contributed by atoms with van der Waals surface area (Å²) in [5, 5.41) is 3.46. The van der Waals surface area contributed by atoms with Crippen molar-refractivity contribution in [2.24, 2.45) is 5.41 Å². The number of rotatable bonds is 2. The summed E-state index contributed by atoms with van der Waals surface area (Å²) in [6.45, 7) is 7.54. The molecule has 2 aliphatic heterocycles. The molecule has 0 bridgehead atoms. The van der Waals surface area contributed by atoms with E-state index in [4.69, 9.17) is 0 Å². The van der Waals surface area contributed by atoms with Crippen LogP contribution in [0, 0.1) is 5.41 Å². The molecule has 98 valence electrons. The van der Waals surface area contributed by atoms with E-state index in [-0.39, 0.29) is 0 Å². The molecule has 2 saturated heterocycles. The lowest BCUT2D eigenvalue weighted by Crippen LogP contribution is -2.46. The van der Waals surface area contributed by atoms with Crippen LogP contribution in [0.1, 0.15) is 52.4 Å². The molecule has 1 unspecified atom stereocenters. The van der Waals surface area contributed by atoms with Gasteiger partial charge in [0.15, 0.2) is 0 Å². The summed E-state index contributed by atoms with van der Waals surface area (Å²) in [5.41, 5.74) is 0.313. The first-order valence-electron chi connectivity index (χ1n) is 7.08. The Morgan fingerprint density at radius 3 is 2.82 bits per heavy atom. The predicted octanol–water partition coefficient (Wildman–Crippen LogP) is 2.17. The molecule has 1 N–H and O–H groups in total. The summed E-state index contributed by atoms with van der Waals surface area (Å²) in [4.78, 5) is 14.3. The standard InChI is InChI=1S/C14H26N2O/c1-14(2)7-5-9-16(11-14)13(17)10-12-6-3-4-8-15-12/h12,15H,3-11H2,1-2H3. The van der Waals surface area contributed by atoms with E-state index >= 15 is 0 Å². The Morgan fingerprint density at radius 1 is 1.35 bits per heavy atom. The van der Waals surface area contributed by atoms with Crippen molar-refractivity contribution in [3.8, 4) is 0 Å². The van der Waals surface area contributed by atoms with Gasteiger partial charge in [0.2, 0.25) is 5.91 Å². The van der Waals surface area contributed by atoms with E-state index in [1.54, 1.807) is 0 Å². The number of nitrogens with zero attached hydrogens (tertiary/aromatic N) is 1. The number of carbonyl (C=O) groups is 1. The third-order valence-electron chi connectivity index (χ3n) is 4.09. The fourth-order valence-electron chi connectivity index (χ4n) is 3.07. The lowest BCUT2D eigenvalue weighted by atomic mass is 9.84. The zero-order valence-electron chi connectivity index (χ0n) is 11.3. The van der Waals surface area contributed by atoms with Crippen molar-refractivity contribution in [1.29, 1.82) is 0 Å². The maximum atomic E-state index is 12.2. The Kier molecular flexibility index (Phi) is 4.08.